The normalized spacial score (nSPS) is 12.2. The maximum Gasteiger partial charge on any atom is 0.326 e. The molecule has 1 radical (unpaired) electrons. The highest BCUT2D eigenvalue weighted by molar-refractivity contribution is 5.90. The Labute approximate surface area is 398 Å². The van der Waals surface area contributed by atoms with E-state index in [9.17, 15) is 53.1 Å². The zero-order chi connectivity index (χ0) is 50.6. The minimum absolute atomic E-state index is 0.0321. The molecule has 3 atom stereocenters. The maximum atomic E-state index is 12.5. The number of hydrogen-bond acceptors (Lipinski definition) is 14. The Hall–Kier alpha value is -5.26. The number of ether oxygens (including phenoxy) is 4. The molecule has 0 bridgehead atoms. The summed E-state index contributed by atoms with van der Waals surface area (Å²) in [5, 5.41) is 48.2. The molecule has 5 amide bonds. The Morgan fingerprint density at radius 3 is 1.29 bits per heavy atom. The summed E-state index contributed by atoms with van der Waals surface area (Å²) < 4.78 is 21.1. The van der Waals surface area contributed by atoms with Crippen LogP contribution in [0.3, 0.4) is 0 Å². The van der Waals surface area contributed by atoms with Crippen LogP contribution in [0.25, 0.3) is 0 Å². The Bertz CT molecular complexity index is 1480. The summed E-state index contributed by atoms with van der Waals surface area (Å²) in [6, 6.07) is -3.77. The molecule has 0 saturated carbocycles. The number of carboxylic acids is 4. The van der Waals surface area contributed by atoms with E-state index in [2.05, 4.69) is 26.6 Å². The van der Waals surface area contributed by atoms with Gasteiger partial charge < -0.3 is 66.0 Å². The first-order valence-electron chi connectivity index (χ1n) is 23.6. The van der Waals surface area contributed by atoms with Gasteiger partial charge in [-0.15, -0.1) is 0 Å². The first kappa shape index (κ1) is 62.7. The molecule has 0 rings (SSSR count). The second-order valence-electron chi connectivity index (χ2n) is 16.0. The number of carboxylic acid groups (broad SMARTS) is 4. The van der Waals surface area contributed by atoms with E-state index in [0.717, 1.165) is 51.4 Å². The predicted octanol–water partition coefficient (Wildman–Crippen LogP) is 1.77. The average molecular weight is 975 g/mol. The predicted molar refractivity (Wildman–Crippen MR) is 243 cm³/mol. The van der Waals surface area contributed by atoms with E-state index < -0.39 is 85.1 Å². The first-order valence-corrected chi connectivity index (χ1v) is 23.6. The zero-order valence-electron chi connectivity index (χ0n) is 39.4. The number of nitrogens with one attached hydrogen (secondary N) is 5. The van der Waals surface area contributed by atoms with Crippen molar-refractivity contribution in [1.29, 1.82) is 0 Å². The molecule has 389 valence electrons. The van der Waals surface area contributed by atoms with E-state index >= 15 is 0 Å². The lowest BCUT2D eigenvalue weighted by Gasteiger charge is -2.20. The minimum atomic E-state index is -1.33. The van der Waals surface area contributed by atoms with Crippen LogP contribution in [0, 0.1) is 0 Å². The fourth-order valence-electron chi connectivity index (χ4n) is 6.39. The largest absolute Gasteiger partial charge is 0.481 e. The molecule has 23 heteroatoms. The van der Waals surface area contributed by atoms with E-state index in [0.29, 0.717) is 6.42 Å². The number of rotatable bonds is 48. The van der Waals surface area contributed by atoms with E-state index in [1.54, 1.807) is 0 Å². The van der Waals surface area contributed by atoms with Gasteiger partial charge in [0.25, 0.3) is 0 Å². The molecule has 0 saturated heterocycles. The summed E-state index contributed by atoms with van der Waals surface area (Å²) in [5.41, 5.74) is 0. The third-order valence-electron chi connectivity index (χ3n) is 10.1. The van der Waals surface area contributed by atoms with Crippen LogP contribution in [0.1, 0.15) is 141 Å². The summed E-state index contributed by atoms with van der Waals surface area (Å²) >= 11 is 0. The van der Waals surface area contributed by atoms with E-state index in [4.69, 9.17) is 34.3 Å². The van der Waals surface area contributed by atoms with Crippen molar-refractivity contribution in [1.82, 2.24) is 26.6 Å². The van der Waals surface area contributed by atoms with E-state index in [1.807, 2.05) is 0 Å². The Morgan fingerprint density at radius 1 is 0.397 bits per heavy atom. The topological polar surface area (TPSA) is 349 Å². The quantitative estimate of drug-likeness (QED) is 0.0392. The highest BCUT2D eigenvalue weighted by Gasteiger charge is 2.25. The summed E-state index contributed by atoms with van der Waals surface area (Å²) in [4.78, 5) is 116. The lowest BCUT2D eigenvalue weighted by atomic mass is 10.0. The number of carbonyl (C=O) groups excluding carboxylic acids is 6. The Kier molecular flexibility index (Phi) is 39.7. The van der Waals surface area contributed by atoms with Gasteiger partial charge in [-0.3, -0.25) is 43.2 Å². The molecular weight excluding hydrogens is 899 g/mol. The highest BCUT2D eigenvalue weighted by atomic mass is 16.5. The number of aliphatic carboxylic acids is 4. The van der Waals surface area contributed by atoms with Crippen LogP contribution in [-0.2, 0) is 66.9 Å². The second kappa shape index (κ2) is 43.0. The van der Waals surface area contributed by atoms with Crippen molar-refractivity contribution in [2.45, 2.75) is 159 Å². The van der Waals surface area contributed by atoms with Crippen molar-refractivity contribution < 1.29 is 87.3 Å². The van der Waals surface area contributed by atoms with Gasteiger partial charge in [0, 0.05) is 45.2 Å². The minimum Gasteiger partial charge on any atom is -0.481 e. The molecule has 0 fully saturated rings. The molecule has 68 heavy (non-hydrogen) atoms. The van der Waals surface area contributed by atoms with Gasteiger partial charge in [-0.1, -0.05) is 77.0 Å². The summed E-state index contributed by atoms with van der Waals surface area (Å²) in [5.74, 6) is -7.15. The molecule has 0 aliphatic carbocycles. The Morgan fingerprint density at radius 2 is 0.809 bits per heavy atom. The fourth-order valence-corrected chi connectivity index (χ4v) is 6.39. The molecule has 0 aromatic rings. The standard InChI is InChI=1S/C45H76N5O18/c51-31-34(17-21-42(58)59)48-44(62)35(19-22-43(60)61)49-40(55)33-68-30-28-66-26-24-47-39(54)32-67-29-27-65-25-23-46-37(52)20-18-36(45(63)64)50-38(53)15-13-11-9-7-5-3-1-2-4-6-8-10-12-14-16-41(56)57/h34-36H,1-30,32-33H2,(H,46,52)(H,47,54)(H,48,62)(H,49,55)(H,50,53)(H,56,57)(H,58,59)(H,60,61)(H,63,64)/t34-,35-,36-/m0/s1. The van der Waals surface area contributed by atoms with Crippen molar-refractivity contribution in [2.24, 2.45) is 0 Å². The monoisotopic (exact) mass is 975 g/mol. The molecule has 0 aliphatic rings. The zero-order valence-corrected chi connectivity index (χ0v) is 39.4. The molecule has 0 aromatic heterocycles. The summed E-state index contributed by atoms with van der Waals surface area (Å²) in [7, 11) is 0. The second-order valence-corrected chi connectivity index (χ2v) is 16.0. The van der Waals surface area contributed by atoms with Crippen LogP contribution in [0.15, 0.2) is 0 Å². The van der Waals surface area contributed by atoms with Gasteiger partial charge in [0.2, 0.25) is 35.8 Å². The van der Waals surface area contributed by atoms with Gasteiger partial charge >= 0.3 is 23.9 Å². The van der Waals surface area contributed by atoms with Crippen molar-refractivity contribution in [3.8, 4) is 0 Å². The molecular formula is C45H76N5O18. The SMILES string of the molecule is O=[C][C@H](CCC(=O)O)NC(=O)[C@H](CCC(=O)O)NC(=O)COCCOCCNC(=O)COCCOCCNC(=O)CC[C@H](NC(=O)CCCCCCCCCCCCCCCCC(=O)O)C(=O)O. The van der Waals surface area contributed by atoms with Crippen LogP contribution in [0.4, 0.5) is 0 Å². The molecule has 0 aromatic carbocycles. The van der Waals surface area contributed by atoms with Crippen molar-refractivity contribution in [2.75, 3.05) is 65.9 Å². The van der Waals surface area contributed by atoms with E-state index in [1.165, 1.54) is 38.4 Å². The third-order valence-corrected chi connectivity index (χ3v) is 10.1. The van der Waals surface area contributed by atoms with Crippen LogP contribution in [-0.4, -0.2) is 164 Å². The van der Waals surface area contributed by atoms with Gasteiger partial charge in [-0.2, -0.15) is 0 Å². The van der Waals surface area contributed by atoms with Crippen molar-refractivity contribution in [3.63, 3.8) is 0 Å². The van der Waals surface area contributed by atoms with Crippen molar-refractivity contribution >= 4 is 59.7 Å². The number of hydrogen-bond donors (Lipinski definition) is 9. The number of carbonyl (C=O) groups is 9. The van der Waals surface area contributed by atoms with Crippen LogP contribution >= 0.6 is 0 Å². The summed E-state index contributed by atoms with van der Waals surface area (Å²) in [6.07, 6.45) is 15.2. The van der Waals surface area contributed by atoms with Crippen LogP contribution in [0.5, 0.6) is 0 Å². The molecule has 0 heterocycles. The summed E-state index contributed by atoms with van der Waals surface area (Å²) in [6.45, 7) is 0.0872. The molecule has 9 N–H and O–H groups in total. The number of unbranched alkanes of at least 4 members (excludes halogenated alkanes) is 13. The molecule has 0 unspecified atom stereocenters. The molecule has 0 aliphatic heterocycles. The van der Waals surface area contributed by atoms with E-state index in [-0.39, 0.29) is 104 Å². The maximum absolute atomic E-state index is 12.5. The van der Waals surface area contributed by atoms with Gasteiger partial charge in [0.15, 0.2) is 0 Å². The highest BCUT2D eigenvalue weighted by Crippen LogP contribution is 2.14. The number of amides is 5. The van der Waals surface area contributed by atoms with Crippen molar-refractivity contribution in [3.05, 3.63) is 0 Å². The molecule has 23 nitrogen and oxygen atoms in total. The van der Waals surface area contributed by atoms with Gasteiger partial charge in [-0.05, 0) is 32.1 Å². The fraction of sp³-hybridized carbons (Fsp3) is 0.778. The van der Waals surface area contributed by atoms with Gasteiger partial charge in [0.1, 0.15) is 25.3 Å². The lowest BCUT2D eigenvalue weighted by Crippen LogP contribution is -2.51. The first-order chi connectivity index (χ1) is 32.6. The average Bonchev–Trinajstić information content (AvgIpc) is 3.28. The smallest absolute Gasteiger partial charge is 0.326 e. The third kappa shape index (κ3) is 41.0. The Balaban J connectivity index is 3.90. The molecule has 0 spiro atoms. The van der Waals surface area contributed by atoms with Crippen LogP contribution in [0.2, 0.25) is 0 Å². The van der Waals surface area contributed by atoms with Gasteiger partial charge in [0.05, 0.1) is 45.7 Å². The lowest BCUT2D eigenvalue weighted by molar-refractivity contribution is -0.142. The van der Waals surface area contributed by atoms with Gasteiger partial charge in [-0.25, -0.2) is 4.79 Å². The van der Waals surface area contributed by atoms with Crippen LogP contribution < -0.4 is 26.6 Å².